The summed E-state index contributed by atoms with van der Waals surface area (Å²) >= 11 is 1.07. The Balaban J connectivity index is 1.82. The van der Waals surface area contributed by atoms with E-state index < -0.39 is 18.7 Å². The second-order valence-corrected chi connectivity index (χ2v) is 5.76. The first-order valence-electron chi connectivity index (χ1n) is 6.52. The highest BCUT2D eigenvalue weighted by Gasteiger charge is 2.25. The molecule has 0 atom stereocenters. The molecule has 5 nitrogen and oxygen atoms in total. The summed E-state index contributed by atoms with van der Waals surface area (Å²) in [6.45, 7) is -2.76. The van der Waals surface area contributed by atoms with Gasteiger partial charge in [0.15, 0.2) is 0 Å². The average Bonchev–Trinajstić information content (AvgIpc) is 2.90. The Morgan fingerprint density at radius 3 is 2.52 bits per heavy atom. The number of carbonyl (C=O) groups is 2. The van der Waals surface area contributed by atoms with Crippen molar-refractivity contribution in [2.24, 2.45) is 0 Å². The lowest BCUT2D eigenvalue weighted by Crippen LogP contribution is -2.39. The number of aromatic carboxylic acids is 1. The Morgan fingerprint density at radius 1 is 1.33 bits per heavy atom. The van der Waals surface area contributed by atoms with Crippen molar-refractivity contribution in [1.29, 1.82) is 0 Å². The van der Waals surface area contributed by atoms with Gasteiger partial charge in [-0.05, 0) is 31.7 Å². The smallest absolute Gasteiger partial charge is 0.345 e. The Hall–Kier alpha value is -1.54. The topological polar surface area (TPSA) is 75.6 Å². The third kappa shape index (κ3) is 4.47. The average molecular weight is 319 g/mol. The molecular formula is C13H15F2NO4S. The van der Waals surface area contributed by atoms with Crippen LogP contribution in [0.2, 0.25) is 0 Å². The molecule has 21 heavy (non-hydrogen) atoms. The van der Waals surface area contributed by atoms with Crippen molar-refractivity contribution in [2.75, 3.05) is 0 Å². The van der Waals surface area contributed by atoms with Crippen molar-refractivity contribution in [1.82, 2.24) is 5.32 Å². The summed E-state index contributed by atoms with van der Waals surface area (Å²) in [5, 5.41) is 13.0. The molecule has 0 saturated heterocycles. The van der Waals surface area contributed by atoms with E-state index >= 15 is 0 Å². The van der Waals surface area contributed by atoms with E-state index in [1.165, 1.54) is 11.4 Å². The molecule has 1 aromatic rings. The van der Waals surface area contributed by atoms with Gasteiger partial charge in [-0.25, -0.2) is 4.79 Å². The number of thiophene rings is 1. The Bertz CT molecular complexity index is 512. The molecule has 0 bridgehead atoms. The number of ether oxygens (including phenoxy) is 1. The van der Waals surface area contributed by atoms with Gasteiger partial charge in [0.05, 0.1) is 16.5 Å². The van der Waals surface area contributed by atoms with Crippen molar-refractivity contribution in [3.63, 3.8) is 0 Å². The van der Waals surface area contributed by atoms with Crippen LogP contribution < -0.4 is 5.32 Å². The number of halogens is 2. The molecule has 1 aliphatic carbocycles. The molecule has 8 heteroatoms. The Labute approximate surface area is 123 Å². The maximum atomic E-state index is 12.1. The van der Waals surface area contributed by atoms with Crippen LogP contribution in [-0.4, -0.2) is 35.7 Å². The predicted molar refractivity (Wildman–Crippen MR) is 71.9 cm³/mol. The number of amides is 1. The second-order valence-electron chi connectivity index (χ2n) is 4.85. The van der Waals surface area contributed by atoms with Crippen molar-refractivity contribution in [2.45, 2.75) is 44.4 Å². The van der Waals surface area contributed by atoms with Crippen LogP contribution in [0.15, 0.2) is 11.4 Å². The van der Waals surface area contributed by atoms with Crippen LogP contribution in [-0.2, 0) is 4.74 Å². The first-order valence-corrected chi connectivity index (χ1v) is 7.40. The van der Waals surface area contributed by atoms with Crippen molar-refractivity contribution in [3.05, 3.63) is 21.9 Å². The number of nitrogens with one attached hydrogen (secondary N) is 1. The summed E-state index contributed by atoms with van der Waals surface area (Å²) in [5.41, 5.74) is 0.0826. The number of carboxylic acid groups (broad SMARTS) is 1. The van der Waals surface area contributed by atoms with Gasteiger partial charge in [0.2, 0.25) is 0 Å². The van der Waals surface area contributed by atoms with Gasteiger partial charge in [0, 0.05) is 11.4 Å². The van der Waals surface area contributed by atoms with Gasteiger partial charge in [0.1, 0.15) is 0 Å². The molecule has 0 spiro atoms. The molecule has 116 valence electrons. The lowest BCUT2D eigenvalue weighted by molar-refractivity contribution is -0.170. The number of alkyl halides is 2. The Kier molecular flexibility index (Phi) is 5.24. The number of hydrogen-bond donors (Lipinski definition) is 2. The van der Waals surface area contributed by atoms with E-state index in [4.69, 9.17) is 5.11 Å². The van der Waals surface area contributed by atoms with Crippen molar-refractivity contribution < 1.29 is 28.2 Å². The lowest BCUT2D eigenvalue weighted by Gasteiger charge is -2.28. The van der Waals surface area contributed by atoms with Gasteiger partial charge in [-0.2, -0.15) is 8.78 Å². The molecule has 0 aliphatic heterocycles. The fourth-order valence-corrected chi connectivity index (χ4v) is 3.10. The SMILES string of the molecule is O=C(O)c1csc(C(=O)NC2CCC(OC(F)F)CC2)c1. The highest BCUT2D eigenvalue weighted by Crippen LogP contribution is 2.23. The molecule has 1 heterocycles. The largest absolute Gasteiger partial charge is 0.478 e. The van der Waals surface area contributed by atoms with Crippen LogP contribution in [0.3, 0.4) is 0 Å². The number of rotatable bonds is 5. The standard InChI is InChI=1S/C13H15F2NO4S/c14-13(15)20-9-3-1-8(2-4-9)16-11(17)10-5-7(6-21-10)12(18)19/h5-6,8-9,13H,1-4H2,(H,16,17)(H,18,19). The summed E-state index contributed by atoms with van der Waals surface area (Å²) in [4.78, 5) is 23.0. The molecule has 1 fully saturated rings. The molecule has 1 amide bonds. The first kappa shape index (κ1) is 15.8. The van der Waals surface area contributed by atoms with Crippen molar-refractivity contribution >= 4 is 23.2 Å². The van der Waals surface area contributed by atoms with E-state index in [0.717, 1.165) is 11.3 Å². The molecule has 1 aromatic heterocycles. The number of carbonyl (C=O) groups excluding carboxylic acids is 1. The zero-order valence-corrected chi connectivity index (χ0v) is 11.9. The minimum Gasteiger partial charge on any atom is -0.478 e. The zero-order valence-electron chi connectivity index (χ0n) is 11.1. The minimum absolute atomic E-state index is 0.0826. The third-order valence-electron chi connectivity index (χ3n) is 3.37. The molecule has 0 radical (unpaired) electrons. The fraction of sp³-hybridized carbons (Fsp3) is 0.538. The van der Waals surface area contributed by atoms with E-state index in [9.17, 15) is 18.4 Å². The van der Waals surface area contributed by atoms with Gasteiger partial charge in [-0.1, -0.05) is 0 Å². The predicted octanol–water partition coefficient (Wildman–Crippen LogP) is 2.73. The maximum absolute atomic E-state index is 12.1. The normalized spacial score (nSPS) is 22.2. The van der Waals surface area contributed by atoms with E-state index in [0.29, 0.717) is 30.6 Å². The maximum Gasteiger partial charge on any atom is 0.345 e. The summed E-state index contributed by atoms with van der Waals surface area (Å²) in [6.07, 6.45) is 1.62. The summed E-state index contributed by atoms with van der Waals surface area (Å²) in [7, 11) is 0. The van der Waals surface area contributed by atoms with Crippen LogP contribution in [0.5, 0.6) is 0 Å². The van der Waals surface area contributed by atoms with Crippen molar-refractivity contribution in [3.8, 4) is 0 Å². The number of carboxylic acids is 1. The van der Waals surface area contributed by atoms with Gasteiger partial charge in [-0.3, -0.25) is 4.79 Å². The summed E-state index contributed by atoms with van der Waals surface area (Å²) in [6, 6.07) is 1.24. The molecule has 1 aliphatic rings. The zero-order chi connectivity index (χ0) is 15.4. The van der Waals surface area contributed by atoms with E-state index in [2.05, 4.69) is 10.1 Å². The van der Waals surface area contributed by atoms with Crippen LogP contribution in [0.25, 0.3) is 0 Å². The van der Waals surface area contributed by atoms with Crippen LogP contribution in [0.1, 0.15) is 45.7 Å². The highest BCUT2D eigenvalue weighted by molar-refractivity contribution is 7.12. The molecule has 2 N–H and O–H groups in total. The summed E-state index contributed by atoms with van der Waals surface area (Å²) in [5.74, 6) is -1.40. The van der Waals surface area contributed by atoms with E-state index in [1.54, 1.807) is 0 Å². The quantitative estimate of drug-likeness (QED) is 0.875. The third-order valence-corrected chi connectivity index (χ3v) is 4.30. The lowest BCUT2D eigenvalue weighted by atomic mass is 9.93. The molecular weight excluding hydrogens is 304 g/mol. The van der Waals surface area contributed by atoms with Gasteiger partial charge < -0.3 is 15.2 Å². The van der Waals surface area contributed by atoms with Gasteiger partial charge in [0.25, 0.3) is 5.91 Å². The monoisotopic (exact) mass is 319 g/mol. The fourth-order valence-electron chi connectivity index (χ4n) is 2.31. The molecule has 0 aromatic carbocycles. The van der Waals surface area contributed by atoms with Crippen LogP contribution in [0, 0.1) is 0 Å². The van der Waals surface area contributed by atoms with Gasteiger partial charge in [-0.15, -0.1) is 11.3 Å². The number of hydrogen-bond acceptors (Lipinski definition) is 4. The van der Waals surface area contributed by atoms with E-state index in [-0.39, 0.29) is 17.5 Å². The summed E-state index contributed by atoms with van der Waals surface area (Å²) < 4.78 is 28.6. The minimum atomic E-state index is -2.76. The Morgan fingerprint density at radius 2 is 2.00 bits per heavy atom. The van der Waals surface area contributed by atoms with Crippen LogP contribution >= 0.6 is 11.3 Å². The highest BCUT2D eigenvalue weighted by atomic mass is 32.1. The van der Waals surface area contributed by atoms with Gasteiger partial charge >= 0.3 is 12.6 Å². The van der Waals surface area contributed by atoms with Crippen LogP contribution in [0.4, 0.5) is 8.78 Å². The first-order chi connectivity index (χ1) is 9.95. The second kappa shape index (κ2) is 6.95. The molecule has 1 saturated carbocycles. The molecule has 0 unspecified atom stereocenters. The van der Waals surface area contributed by atoms with E-state index in [1.807, 2.05) is 0 Å². The molecule has 2 rings (SSSR count).